The van der Waals surface area contributed by atoms with Gasteiger partial charge in [0.05, 0.1) is 0 Å². The van der Waals surface area contributed by atoms with Gasteiger partial charge in [0.25, 0.3) is 0 Å². The Bertz CT molecular complexity index is 447. The SMILES string of the molecule is O=C1CCN([C@@H](c2ccc(Br)cc2)C(F)(F)F)N1. The Morgan fingerprint density at radius 2 is 1.89 bits per heavy atom. The van der Waals surface area contributed by atoms with Crippen molar-refractivity contribution in [2.24, 2.45) is 0 Å². The van der Waals surface area contributed by atoms with E-state index in [-0.39, 0.29) is 24.4 Å². The van der Waals surface area contributed by atoms with Crippen LogP contribution in [0.4, 0.5) is 13.2 Å². The van der Waals surface area contributed by atoms with Crippen molar-refractivity contribution < 1.29 is 18.0 Å². The summed E-state index contributed by atoms with van der Waals surface area (Å²) in [5.41, 5.74) is 2.34. The summed E-state index contributed by atoms with van der Waals surface area (Å²) in [6.07, 6.45) is -4.35. The Morgan fingerprint density at radius 3 is 2.33 bits per heavy atom. The summed E-state index contributed by atoms with van der Waals surface area (Å²) in [5, 5.41) is 0.936. The minimum absolute atomic E-state index is 0.0546. The van der Waals surface area contributed by atoms with E-state index in [1.54, 1.807) is 12.1 Å². The summed E-state index contributed by atoms with van der Waals surface area (Å²) in [5.74, 6) is -0.388. The van der Waals surface area contributed by atoms with Crippen molar-refractivity contribution >= 4 is 21.8 Å². The van der Waals surface area contributed by atoms with Gasteiger partial charge in [0.2, 0.25) is 5.91 Å². The van der Waals surface area contributed by atoms with E-state index in [9.17, 15) is 18.0 Å². The normalized spacial score (nSPS) is 18.8. The molecule has 1 aromatic carbocycles. The molecule has 98 valence electrons. The molecule has 0 saturated carbocycles. The number of alkyl halides is 3. The highest BCUT2D eigenvalue weighted by molar-refractivity contribution is 9.10. The predicted octanol–water partition coefficient (Wildman–Crippen LogP) is 2.79. The Hall–Kier alpha value is -1.08. The average Bonchev–Trinajstić information content (AvgIpc) is 2.66. The highest BCUT2D eigenvalue weighted by Crippen LogP contribution is 2.38. The molecule has 1 aliphatic rings. The molecule has 0 bridgehead atoms. The summed E-state index contributed by atoms with van der Waals surface area (Å²) < 4.78 is 39.9. The van der Waals surface area contributed by atoms with E-state index in [4.69, 9.17) is 0 Å². The number of carbonyl (C=O) groups is 1. The number of hydrogen-bond acceptors (Lipinski definition) is 2. The first kappa shape index (κ1) is 13.4. The van der Waals surface area contributed by atoms with E-state index in [2.05, 4.69) is 21.4 Å². The highest BCUT2D eigenvalue weighted by Gasteiger charge is 2.46. The van der Waals surface area contributed by atoms with E-state index in [1.807, 2.05) is 0 Å². The molecule has 1 aliphatic heterocycles. The Labute approximate surface area is 110 Å². The van der Waals surface area contributed by atoms with Gasteiger partial charge in [0.1, 0.15) is 6.04 Å². The van der Waals surface area contributed by atoms with Gasteiger partial charge in [0, 0.05) is 17.4 Å². The first-order valence-corrected chi connectivity index (χ1v) is 6.05. The third-order valence-corrected chi connectivity index (χ3v) is 3.18. The fraction of sp³-hybridized carbons (Fsp3) is 0.364. The smallest absolute Gasteiger partial charge is 0.288 e. The molecule has 0 aromatic heterocycles. The number of rotatable bonds is 2. The number of halogens is 4. The van der Waals surface area contributed by atoms with E-state index < -0.39 is 12.2 Å². The molecule has 7 heteroatoms. The number of carbonyl (C=O) groups excluding carboxylic acids is 1. The monoisotopic (exact) mass is 322 g/mol. The topological polar surface area (TPSA) is 32.3 Å². The van der Waals surface area contributed by atoms with Crippen LogP contribution in [0.1, 0.15) is 18.0 Å². The van der Waals surface area contributed by atoms with Gasteiger partial charge in [-0.25, -0.2) is 5.01 Å². The van der Waals surface area contributed by atoms with Crippen LogP contribution in [0.15, 0.2) is 28.7 Å². The molecule has 0 spiro atoms. The molecule has 0 radical (unpaired) electrons. The van der Waals surface area contributed by atoms with E-state index in [1.165, 1.54) is 12.1 Å². The molecular weight excluding hydrogens is 313 g/mol. The fourth-order valence-electron chi connectivity index (χ4n) is 1.88. The van der Waals surface area contributed by atoms with Crippen LogP contribution in [0, 0.1) is 0 Å². The maximum atomic E-state index is 13.1. The van der Waals surface area contributed by atoms with E-state index in [0.29, 0.717) is 4.47 Å². The van der Waals surface area contributed by atoms with Gasteiger partial charge in [-0.1, -0.05) is 28.1 Å². The van der Waals surface area contributed by atoms with Gasteiger partial charge < -0.3 is 0 Å². The van der Waals surface area contributed by atoms with Crippen LogP contribution in [0.5, 0.6) is 0 Å². The van der Waals surface area contributed by atoms with E-state index in [0.717, 1.165) is 5.01 Å². The fourth-order valence-corrected chi connectivity index (χ4v) is 2.14. The van der Waals surface area contributed by atoms with Crippen molar-refractivity contribution in [1.29, 1.82) is 0 Å². The molecule has 1 atom stereocenters. The third kappa shape index (κ3) is 2.84. The maximum absolute atomic E-state index is 13.1. The molecule has 0 aliphatic carbocycles. The quantitative estimate of drug-likeness (QED) is 0.908. The van der Waals surface area contributed by atoms with Gasteiger partial charge in [-0.2, -0.15) is 13.2 Å². The summed E-state index contributed by atoms with van der Waals surface area (Å²) >= 11 is 3.17. The first-order chi connectivity index (χ1) is 8.38. The van der Waals surface area contributed by atoms with Crippen LogP contribution in [0.25, 0.3) is 0 Å². The zero-order valence-corrected chi connectivity index (χ0v) is 10.8. The van der Waals surface area contributed by atoms with Crippen molar-refractivity contribution in [3.63, 3.8) is 0 Å². The second kappa shape index (κ2) is 4.89. The van der Waals surface area contributed by atoms with Crippen LogP contribution in [0.2, 0.25) is 0 Å². The second-order valence-electron chi connectivity index (χ2n) is 3.97. The Kier molecular flexibility index (Phi) is 3.63. The molecule has 1 aromatic rings. The van der Waals surface area contributed by atoms with Gasteiger partial charge >= 0.3 is 6.18 Å². The number of nitrogens with one attached hydrogen (secondary N) is 1. The van der Waals surface area contributed by atoms with Crippen molar-refractivity contribution in [2.45, 2.75) is 18.6 Å². The van der Waals surface area contributed by atoms with Crippen molar-refractivity contribution in [3.8, 4) is 0 Å². The zero-order valence-electron chi connectivity index (χ0n) is 9.17. The molecule has 2 rings (SSSR count). The molecule has 1 saturated heterocycles. The first-order valence-electron chi connectivity index (χ1n) is 5.26. The minimum atomic E-state index is -4.44. The summed E-state index contributed by atoms with van der Waals surface area (Å²) in [7, 11) is 0. The van der Waals surface area contributed by atoms with Gasteiger partial charge in [-0.05, 0) is 17.7 Å². The predicted molar refractivity (Wildman–Crippen MR) is 62.4 cm³/mol. The molecule has 3 nitrogen and oxygen atoms in total. The highest BCUT2D eigenvalue weighted by atomic mass is 79.9. The lowest BCUT2D eigenvalue weighted by atomic mass is 10.1. The van der Waals surface area contributed by atoms with Gasteiger partial charge in [-0.3, -0.25) is 10.2 Å². The van der Waals surface area contributed by atoms with Gasteiger partial charge in [-0.15, -0.1) is 0 Å². The van der Waals surface area contributed by atoms with Crippen molar-refractivity contribution in [3.05, 3.63) is 34.3 Å². The lowest BCUT2D eigenvalue weighted by molar-refractivity contribution is -0.191. The lowest BCUT2D eigenvalue weighted by Crippen LogP contribution is -2.43. The van der Waals surface area contributed by atoms with Crippen LogP contribution in [-0.2, 0) is 4.79 Å². The summed E-state index contributed by atoms with van der Waals surface area (Å²) in [4.78, 5) is 11.0. The van der Waals surface area contributed by atoms with Crippen LogP contribution >= 0.6 is 15.9 Å². The standard InChI is InChI=1S/C11H10BrF3N2O/c12-8-3-1-7(2-4-8)10(11(13,14)15)17-6-5-9(18)16-17/h1-4,10H,5-6H2,(H,16,18)/t10-/m0/s1. The van der Waals surface area contributed by atoms with Crippen LogP contribution < -0.4 is 5.43 Å². The van der Waals surface area contributed by atoms with E-state index >= 15 is 0 Å². The Balaban J connectivity index is 2.31. The van der Waals surface area contributed by atoms with Crippen molar-refractivity contribution in [1.82, 2.24) is 10.4 Å². The minimum Gasteiger partial charge on any atom is -0.288 e. The van der Waals surface area contributed by atoms with Crippen molar-refractivity contribution in [2.75, 3.05) is 6.54 Å². The van der Waals surface area contributed by atoms with Gasteiger partial charge in [0.15, 0.2) is 0 Å². The van der Waals surface area contributed by atoms with Crippen LogP contribution in [-0.4, -0.2) is 23.6 Å². The summed E-state index contributed by atoms with van der Waals surface area (Å²) in [6.45, 7) is 0.0546. The second-order valence-corrected chi connectivity index (χ2v) is 4.89. The molecule has 1 fully saturated rings. The van der Waals surface area contributed by atoms with Crippen LogP contribution in [0.3, 0.4) is 0 Å². The third-order valence-electron chi connectivity index (χ3n) is 2.66. The Morgan fingerprint density at radius 1 is 1.28 bits per heavy atom. The molecular formula is C11H10BrF3N2O. The molecule has 0 unspecified atom stereocenters. The number of hydrazine groups is 1. The average molecular weight is 323 g/mol. The largest absolute Gasteiger partial charge is 0.409 e. The lowest BCUT2D eigenvalue weighted by Gasteiger charge is -2.29. The number of benzene rings is 1. The number of amides is 1. The molecule has 1 amide bonds. The summed E-state index contributed by atoms with van der Waals surface area (Å²) in [6, 6.07) is 4.08. The zero-order chi connectivity index (χ0) is 13.3. The molecule has 1 N–H and O–H groups in total. The molecule has 18 heavy (non-hydrogen) atoms. The molecule has 1 heterocycles. The maximum Gasteiger partial charge on any atom is 0.409 e. The number of hydrogen-bond donors (Lipinski definition) is 1. The number of nitrogens with zero attached hydrogens (tertiary/aromatic N) is 1.